The van der Waals surface area contributed by atoms with Crippen molar-refractivity contribution in [2.75, 3.05) is 18.5 Å². The fraction of sp³-hybridized carbons (Fsp3) is 0.312. The van der Waals surface area contributed by atoms with Crippen LogP contribution >= 0.6 is 0 Å². The lowest BCUT2D eigenvalue weighted by atomic mass is 9.95. The van der Waals surface area contributed by atoms with Crippen LogP contribution in [0.4, 0.5) is 10.2 Å². The predicted molar refractivity (Wildman–Crippen MR) is 75.9 cm³/mol. The quantitative estimate of drug-likeness (QED) is 0.866. The third kappa shape index (κ3) is 2.96. The molecule has 2 atom stereocenters. The second-order valence-corrected chi connectivity index (χ2v) is 4.98. The number of benzene rings is 1. The first-order chi connectivity index (χ1) is 9.83. The van der Waals surface area contributed by atoms with Crippen molar-refractivity contribution in [1.29, 1.82) is 0 Å². The minimum absolute atomic E-state index is 0.109. The van der Waals surface area contributed by atoms with Crippen LogP contribution in [0.5, 0.6) is 0 Å². The number of hydrogen-bond acceptors (Lipinski definition) is 3. The van der Waals surface area contributed by atoms with Crippen molar-refractivity contribution in [3.8, 4) is 0 Å². The van der Waals surface area contributed by atoms with Gasteiger partial charge >= 0.3 is 0 Å². The van der Waals surface area contributed by atoms with E-state index in [0.717, 1.165) is 19.6 Å². The Balaban J connectivity index is 1.65. The van der Waals surface area contributed by atoms with Gasteiger partial charge in [-0.3, -0.25) is 0 Å². The summed E-state index contributed by atoms with van der Waals surface area (Å²) in [5.74, 6) is 0.489. The Morgan fingerprint density at radius 1 is 1.15 bits per heavy atom. The minimum atomic E-state index is -0.461. The second kappa shape index (κ2) is 6.01. The molecular weight excluding hydrogens is 255 g/mol. The number of pyridine rings is 1. The van der Waals surface area contributed by atoms with E-state index < -0.39 is 5.95 Å². The number of nitrogens with zero attached hydrogens (tertiary/aromatic N) is 1. The highest BCUT2D eigenvalue weighted by Crippen LogP contribution is 2.34. The zero-order chi connectivity index (χ0) is 13.8. The maximum atomic E-state index is 13.0. The van der Waals surface area contributed by atoms with Crippen LogP contribution in [-0.2, 0) is 4.74 Å². The standard InChI is InChI=1S/C16H17FN2O/c17-14-7-4-8-15(19-14)18-11-13-9-10-20-16(13)12-5-2-1-3-6-12/h1-8,13,16H,9-11H2,(H,18,19). The van der Waals surface area contributed by atoms with E-state index in [1.54, 1.807) is 12.1 Å². The molecule has 0 saturated carbocycles. The van der Waals surface area contributed by atoms with Gasteiger partial charge in [0, 0.05) is 19.1 Å². The minimum Gasteiger partial charge on any atom is -0.373 e. The molecule has 20 heavy (non-hydrogen) atoms. The van der Waals surface area contributed by atoms with Crippen molar-refractivity contribution in [2.45, 2.75) is 12.5 Å². The van der Waals surface area contributed by atoms with Gasteiger partial charge in [0.25, 0.3) is 0 Å². The molecule has 2 aromatic rings. The van der Waals surface area contributed by atoms with E-state index in [0.29, 0.717) is 11.7 Å². The summed E-state index contributed by atoms with van der Waals surface area (Å²) in [4.78, 5) is 3.81. The second-order valence-electron chi connectivity index (χ2n) is 4.98. The van der Waals surface area contributed by atoms with Crippen molar-refractivity contribution in [3.05, 3.63) is 60.0 Å². The first-order valence-corrected chi connectivity index (χ1v) is 6.86. The lowest BCUT2D eigenvalue weighted by Gasteiger charge is -2.19. The monoisotopic (exact) mass is 272 g/mol. The number of halogens is 1. The summed E-state index contributed by atoms with van der Waals surface area (Å²) < 4.78 is 18.9. The van der Waals surface area contributed by atoms with E-state index >= 15 is 0 Å². The van der Waals surface area contributed by atoms with Crippen molar-refractivity contribution in [2.24, 2.45) is 5.92 Å². The molecular formula is C16H17FN2O. The number of rotatable bonds is 4. The molecule has 1 aromatic heterocycles. The fourth-order valence-corrected chi connectivity index (χ4v) is 2.60. The van der Waals surface area contributed by atoms with Crippen LogP contribution in [0.3, 0.4) is 0 Å². The SMILES string of the molecule is Fc1cccc(NCC2CCOC2c2ccccc2)n1. The molecule has 0 radical (unpaired) electrons. The Kier molecular flexibility index (Phi) is 3.92. The van der Waals surface area contributed by atoms with Crippen LogP contribution in [0, 0.1) is 11.9 Å². The summed E-state index contributed by atoms with van der Waals surface area (Å²) in [5, 5.41) is 3.20. The molecule has 1 N–H and O–H groups in total. The largest absolute Gasteiger partial charge is 0.373 e. The van der Waals surface area contributed by atoms with Gasteiger partial charge in [-0.05, 0) is 24.1 Å². The molecule has 3 rings (SSSR count). The molecule has 0 bridgehead atoms. The molecule has 0 spiro atoms. The highest BCUT2D eigenvalue weighted by Gasteiger charge is 2.29. The van der Waals surface area contributed by atoms with Gasteiger partial charge in [-0.1, -0.05) is 36.4 Å². The summed E-state index contributed by atoms with van der Waals surface area (Å²) in [6.07, 6.45) is 1.11. The van der Waals surface area contributed by atoms with Gasteiger partial charge in [0.2, 0.25) is 5.95 Å². The number of anilines is 1. The fourth-order valence-electron chi connectivity index (χ4n) is 2.60. The molecule has 1 aliphatic rings. The molecule has 4 heteroatoms. The van der Waals surface area contributed by atoms with Crippen LogP contribution in [0.25, 0.3) is 0 Å². The van der Waals surface area contributed by atoms with Crippen molar-refractivity contribution in [3.63, 3.8) is 0 Å². The summed E-state index contributed by atoms with van der Waals surface area (Å²) in [5.41, 5.74) is 1.20. The normalized spacial score (nSPS) is 21.9. The number of hydrogen-bond donors (Lipinski definition) is 1. The summed E-state index contributed by atoms with van der Waals surface area (Å²) in [6.45, 7) is 1.50. The van der Waals surface area contributed by atoms with Gasteiger partial charge < -0.3 is 10.1 Å². The zero-order valence-electron chi connectivity index (χ0n) is 11.1. The molecule has 104 valence electrons. The Hall–Kier alpha value is -1.94. The molecule has 1 aromatic carbocycles. The van der Waals surface area contributed by atoms with E-state index in [-0.39, 0.29) is 6.10 Å². The van der Waals surface area contributed by atoms with Crippen LogP contribution < -0.4 is 5.32 Å². The van der Waals surface area contributed by atoms with Crippen LogP contribution in [0.15, 0.2) is 48.5 Å². The Bertz CT molecular complexity index is 561. The highest BCUT2D eigenvalue weighted by atomic mass is 19.1. The van der Waals surface area contributed by atoms with Crippen LogP contribution in [0.1, 0.15) is 18.1 Å². The molecule has 1 fully saturated rings. The lowest BCUT2D eigenvalue weighted by Crippen LogP contribution is -2.18. The maximum absolute atomic E-state index is 13.0. The molecule has 0 aliphatic carbocycles. The number of ether oxygens (including phenoxy) is 1. The first kappa shape index (κ1) is 13.1. The molecule has 0 amide bonds. The molecule has 1 aliphatic heterocycles. The zero-order valence-corrected chi connectivity index (χ0v) is 11.1. The Morgan fingerprint density at radius 2 is 2.00 bits per heavy atom. The highest BCUT2D eigenvalue weighted by molar-refractivity contribution is 5.33. The number of aromatic nitrogens is 1. The summed E-state index contributed by atoms with van der Waals surface area (Å²) in [7, 11) is 0. The lowest BCUT2D eigenvalue weighted by molar-refractivity contribution is 0.0933. The Morgan fingerprint density at radius 3 is 2.80 bits per heavy atom. The van der Waals surface area contributed by atoms with E-state index in [9.17, 15) is 4.39 Å². The van der Waals surface area contributed by atoms with E-state index in [4.69, 9.17) is 4.74 Å². The molecule has 3 nitrogen and oxygen atoms in total. The summed E-state index contributed by atoms with van der Waals surface area (Å²) >= 11 is 0. The van der Waals surface area contributed by atoms with E-state index in [1.807, 2.05) is 18.2 Å². The average Bonchev–Trinajstić information content (AvgIpc) is 2.95. The predicted octanol–water partition coefficient (Wildman–Crippen LogP) is 3.41. The van der Waals surface area contributed by atoms with Crippen molar-refractivity contribution in [1.82, 2.24) is 4.98 Å². The van der Waals surface area contributed by atoms with Crippen molar-refractivity contribution < 1.29 is 9.13 Å². The molecule has 1 saturated heterocycles. The maximum Gasteiger partial charge on any atom is 0.214 e. The van der Waals surface area contributed by atoms with Gasteiger partial charge in [-0.15, -0.1) is 0 Å². The van der Waals surface area contributed by atoms with Gasteiger partial charge in [0.15, 0.2) is 0 Å². The topological polar surface area (TPSA) is 34.1 Å². The molecule has 2 heterocycles. The van der Waals surface area contributed by atoms with Gasteiger partial charge in [0.1, 0.15) is 5.82 Å². The summed E-state index contributed by atoms with van der Waals surface area (Å²) in [6, 6.07) is 15.0. The Labute approximate surface area is 117 Å². The molecule has 2 unspecified atom stereocenters. The van der Waals surface area contributed by atoms with Crippen LogP contribution in [-0.4, -0.2) is 18.1 Å². The first-order valence-electron chi connectivity index (χ1n) is 6.86. The smallest absolute Gasteiger partial charge is 0.214 e. The van der Waals surface area contributed by atoms with Crippen molar-refractivity contribution >= 4 is 5.82 Å². The van der Waals surface area contributed by atoms with Gasteiger partial charge in [-0.25, -0.2) is 4.98 Å². The van der Waals surface area contributed by atoms with Crippen LogP contribution in [0.2, 0.25) is 0 Å². The van der Waals surface area contributed by atoms with Gasteiger partial charge in [-0.2, -0.15) is 4.39 Å². The third-order valence-electron chi connectivity index (χ3n) is 3.60. The third-order valence-corrected chi connectivity index (χ3v) is 3.60. The van der Waals surface area contributed by atoms with Gasteiger partial charge in [0.05, 0.1) is 6.10 Å². The van der Waals surface area contributed by atoms with E-state index in [2.05, 4.69) is 22.4 Å². The van der Waals surface area contributed by atoms with E-state index in [1.165, 1.54) is 11.6 Å². The average molecular weight is 272 g/mol. The number of nitrogens with one attached hydrogen (secondary N) is 1.